The van der Waals surface area contributed by atoms with Gasteiger partial charge in [0.15, 0.2) is 25.2 Å². The molecule has 15 amide bonds. The van der Waals surface area contributed by atoms with E-state index in [2.05, 4.69) is 81.4 Å². The topological polar surface area (TPSA) is 586 Å². The molecule has 4 heterocycles. The van der Waals surface area contributed by atoms with Crippen LogP contribution in [0.25, 0.3) is 0 Å². The molecule has 5 rings (SSSR count). The summed E-state index contributed by atoms with van der Waals surface area (Å²) in [5.41, 5.74) is 11.3. The van der Waals surface area contributed by atoms with Gasteiger partial charge in [-0.15, -0.1) is 0 Å². The van der Waals surface area contributed by atoms with Gasteiger partial charge in [0.05, 0.1) is 43.3 Å². The Kier molecular flexibility index (Phi) is 64.8. The van der Waals surface area contributed by atoms with Gasteiger partial charge >= 0.3 is 5.97 Å². The molecule has 0 aliphatic carbocycles. The molecule has 4 aliphatic heterocycles. The van der Waals surface area contributed by atoms with Crippen molar-refractivity contribution < 1.29 is 124 Å². The smallest absolute Gasteiger partial charge is 0.306 e. The molecule has 0 radical (unpaired) electrons. The quantitative estimate of drug-likeness (QED) is 0.0284. The molecule has 142 heavy (non-hydrogen) atoms. The maximum atomic E-state index is 14.2. The number of carbonyl (C=O) groups is 16. The summed E-state index contributed by atoms with van der Waals surface area (Å²) in [4.78, 5) is 207. The van der Waals surface area contributed by atoms with Crippen LogP contribution in [0.5, 0.6) is 5.75 Å². The third-order valence-electron chi connectivity index (χ3n) is 24.4. The molecule has 0 spiro atoms. The fourth-order valence-corrected chi connectivity index (χ4v) is 16.6. The van der Waals surface area contributed by atoms with Crippen molar-refractivity contribution in [1.29, 1.82) is 0 Å². The molecule has 18 N–H and O–H groups in total. The number of primary amides is 1. The molecule has 0 saturated carbocycles. The Morgan fingerprint density at radius 2 is 0.768 bits per heavy atom. The summed E-state index contributed by atoms with van der Waals surface area (Å²) in [6.45, 7) is 14.1. The van der Waals surface area contributed by atoms with E-state index in [1.807, 2.05) is 13.8 Å². The van der Waals surface area contributed by atoms with E-state index < -0.39 is 84.7 Å². The van der Waals surface area contributed by atoms with Crippen LogP contribution in [0.3, 0.4) is 0 Å². The largest absolute Gasteiger partial charge is 0.494 e. The van der Waals surface area contributed by atoms with Crippen LogP contribution in [-0.2, 0) is 110 Å². The molecular weight excluding hydrogens is 1840 g/mol. The van der Waals surface area contributed by atoms with E-state index in [1.54, 1.807) is 0 Å². The summed E-state index contributed by atoms with van der Waals surface area (Å²) < 4.78 is 58.5. The average molecular weight is 2010 g/mol. The van der Waals surface area contributed by atoms with Crippen molar-refractivity contribution in [3.05, 3.63) is 29.3 Å². The number of benzene rings is 1. The van der Waals surface area contributed by atoms with Crippen molar-refractivity contribution in [1.82, 2.24) is 74.4 Å². The summed E-state index contributed by atoms with van der Waals surface area (Å²) >= 11 is 0. The number of ether oxygens (including phenoxy) is 10. The van der Waals surface area contributed by atoms with Crippen LogP contribution >= 0.6 is 0 Å². The molecule has 1 aromatic rings. The third-order valence-corrected chi connectivity index (χ3v) is 24.4. The lowest BCUT2D eigenvalue weighted by Gasteiger charge is -2.40. The van der Waals surface area contributed by atoms with E-state index in [1.165, 1.54) is 39.0 Å². The number of nitrogens with two attached hydrogens (primary N) is 2. The van der Waals surface area contributed by atoms with Crippen molar-refractivity contribution in [2.24, 2.45) is 17.4 Å². The van der Waals surface area contributed by atoms with Gasteiger partial charge in [-0.05, 0) is 204 Å². The second-order valence-corrected chi connectivity index (χ2v) is 37.1. The number of nitrogens with one attached hydrogen (secondary N) is 14. The van der Waals surface area contributed by atoms with Crippen LogP contribution in [0.4, 0.5) is 0 Å². The Labute approximate surface area is 838 Å². The number of esters is 1. The maximum absolute atomic E-state index is 14.2. The van der Waals surface area contributed by atoms with E-state index in [0.717, 1.165) is 89.9 Å². The number of amides is 15. The number of carbonyl (C=O) groups excluding carboxylic acids is 16. The number of hydrogen-bond donors (Lipinski definition) is 16. The minimum Gasteiger partial charge on any atom is -0.494 e. The molecule has 1 aromatic carbocycles. The summed E-state index contributed by atoms with van der Waals surface area (Å²) in [6.07, 6.45) is 20.6. The number of unbranched alkanes of at least 4 members (excludes halogenated alkanes) is 15. The van der Waals surface area contributed by atoms with Gasteiger partial charge in [-0.2, -0.15) is 0 Å². The van der Waals surface area contributed by atoms with Gasteiger partial charge in [0.25, 0.3) is 11.8 Å². The second-order valence-electron chi connectivity index (χ2n) is 37.1. The van der Waals surface area contributed by atoms with Crippen LogP contribution in [0.2, 0.25) is 0 Å². The third kappa shape index (κ3) is 56.4. The highest BCUT2D eigenvalue weighted by atomic mass is 16.7. The van der Waals surface area contributed by atoms with E-state index >= 15 is 0 Å². The Morgan fingerprint density at radius 1 is 0.387 bits per heavy atom. The zero-order valence-corrected chi connectivity index (χ0v) is 85.2. The highest BCUT2D eigenvalue weighted by molar-refractivity contribution is 6.00. The second kappa shape index (κ2) is 75.0. The van der Waals surface area contributed by atoms with E-state index in [9.17, 15) is 76.7 Å². The van der Waals surface area contributed by atoms with Crippen LogP contribution in [0, 0.1) is 5.92 Å². The number of rotatable bonds is 77. The van der Waals surface area contributed by atoms with E-state index in [0.29, 0.717) is 181 Å². The lowest BCUT2D eigenvalue weighted by molar-refractivity contribution is -0.220. The monoisotopic (exact) mass is 2010 g/mol. The molecule has 13 unspecified atom stereocenters. The molecule has 4 fully saturated rings. The molecule has 13 atom stereocenters. The standard InChI is InChI=1S/C100H170N16O26/c1-7-48-106-96(132)82(68-141-90(127)47-46-83(102)120)116-89(126)43-17-14-12-10-9-11-13-16-40-84(121)103-49-24-15-27-56-133-76-66-73(92(128)107-52-54-109-94(130)78(114-87(124)44-22-30-59-137-99-81(112-71(5)118)39-34-63-139-99)36-19-26-51-105-86(123)42-21-29-58-136-98-80(111-70(4)117)38-33-62-138-98)65-74(67-76)93(129)108-53-55-110-95(131)79(37-18-25-50-104-85(122)41-20-28-57-134-97-77(101)35-32-61-135-97)115-88(125)45-23-31-60-140-100-91(113-72(6)119)69(3)64-75(8-2)142-100/h65-67,69,75,77-82,91,97-100H,7-64,68,101H2,1-6H3,(H2,102,120)(H,103,121)(H,104,122)(H,105,123)(H,106,132)(H,107,128)(H,108,129)(H,109,130)(H,110,131)(H,111,117)(H,112,118)(H,113,119)(H,114,124)(H,115,125)(H,116,126). The van der Waals surface area contributed by atoms with Crippen molar-refractivity contribution in [3.63, 3.8) is 0 Å². The Bertz CT molecular complexity index is 3930. The van der Waals surface area contributed by atoms with E-state index in [4.69, 9.17) is 58.8 Å². The predicted octanol–water partition coefficient (Wildman–Crippen LogP) is 5.47. The molecule has 0 bridgehead atoms. The first-order valence-corrected chi connectivity index (χ1v) is 52.3. The Hall–Kier alpha value is -9.82. The first-order chi connectivity index (χ1) is 68.5. The fourth-order valence-electron chi connectivity index (χ4n) is 16.6. The average Bonchev–Trinajstić information content (AvgIpc) is 0.802. The van der Waals surface area contributed by atoms with Gasteiger partial charge in [0, 0.05) is 175 Å². The van der Waals surface area contributed by atoms with E-state index in [-0.39, 0.29) is 217 Å². The molecule has 4 saturated heterocycles. The highest BCUT2D eigenvalue weighted by Crippen LogP contribution is 2.29. The fraction of sp³-hybridized carbons (Fsp3) is 0.780. The van der Waals surface area contributed by atoms with Gasteiger partial charge in [-0.25, -0.2) is 0 Å². The predicted molar refractivity (Wildman–Crippen MR) is 528 cm³/mol. The van der Waals surface area contributed by atoms with Crippen molar-refractivity contribution in [3.8, 4) is 5.75 Å². The van der Waals surface area contributed by atoms with Crippen LogP contribution in [-0.4, -0.2) is 280 Å². The molecule has 42 nitrogen and oxygen atoms in total. The van der Waals surface area contributed by atoms with Gasteiger partial charge in [-0.3, -0.25) is 76.7 Å². The summed E-state index contributed by atoms with van der Waals surface area (Å²) in [5.74, 6) is -5.78. The van der Waals surface area contributed by atoms with Crippen LogP contribution in [0.1, 0.15) is 332 Å². The lowest BCUT2D eigenvalue weighted by atomic mass is 9.90. The maximum Gasteiger partial charge on any atom is 0.306 e. The minimum absolute atomic E-state index is 0.0276. The van der Waals surface area contributed by atoms with Gasteiger partial charge in [0.2, 0.25) is 76.8 Å². The van der Waals surface area contributed by atoms with Crippen LogP contribution in [0.15, 0.2) is 18.2 Å². The molecule has 4 aliphatic rings. The Balaban J connectivity index is 1.17. The normalized spacial score (nSPS) is 19.5. The molecule has 0 aromatic heterocycles. The first-order valence-electron chi connectivity index (χ1n) is 52.3. The van der Waals surface area contributed by atoms with Gasteiger partial charge < -0.3 is 133 Å². The summed E-state index contributed by atoms with van der Waals surface area (Å²) in [7, 11) is 0. The summed E-state index contributed by atoms with van der Waals surface area (Å²) in [6, 6.07) is 0.236. The minimum atomic E-state index is -1.08. The van der Waals surface area contributed by atoms with Gasteiger partial charge in [-0.1, -0.05) is 59.3 Å². The highest BCUT2D eigenvalue weighted by Gasteiger charge is 2.38. The lowest BCUT2D eigenvalue weighted by Crippen LogP contribution is -2.54. The number of hydrogen-bond acceptors (Lipinski definition) is 27. The Morgan fingerprint density at radius 3 is 1.21 bits per heavy atom. The van der Waals surface area contributed by atoms with Crippen LogP contribution < -0.4 is 90.6 Å². The SMILES string of the molecule is CCCNC(=O)C(COC(=O)CCC(N)=O)NC(=O)CCCCCCCCCCC(=O)NCCCCCOc1cc(C(=O)NCCNC(=O)C(CCCCNC(=O)CCCCOC2OCCCC2NC(C)=O)NC(=O)CCCCOC2OCCCC2NC(C)=O)cc(C(=O)NCCNC(=O)C(CCCCNC(=O)CCCCOC2OCCCC2N)NC(=O)CCCCOC2OC(CC)CC(C)C2NC(C)=O)c1. The zero-order chi connectivity index (χ0) is 103. The molecular formula is C100H170N16O26. The molecule has 42 heteroatoms. The van der Waals surface area contributed by atoms with Crippen molar-refractivity contribution >= 4 is 94.6 Å². The zero-order valence-electron chi connectivity index (χ0n) is 85.2. The summed E-state index contributed by atoms with van der Waals surface area (Å²) in [5, 5.41) is 40.0. The first kappa shape index (κ1) is 123. The van der Waals surface area contributed by atoms with Crippen molar-refractivity contribution in [2.75, 3.05) is 112 Å². The van der Waals surface area contributed by atoms with Crippen molar-refractivity contribution in [2.45, 2.75) is 385 Å². The van der Waals surface area contributed by atoms with Gasteiger partial charge in [0.1, 0.15) is 30.5 Å². The molecule has 806 valence electrons.